The van der Waals surface area contributed by atoms with Crippen molar-refractivity contribution in [2.45, 2.75) is 0 Å². The minimum atomic E-state index is -0.846. The molecule has 136 valence electrons. The van der Waals surface area contributed by atoms with Crippen LogP contribution in [0.25, 0.3) is 6.08 Å². The number of amides is 1. The quantitative estimate of drug-likeness (QED) is 0.383. The summed E-state index contributed by atoms with van der Waals surface area (Å²) in [5.41, 5.74) is -0.397. The predicted octanol–water partition coefficient (Wildman–Crippen LogP) is 3.05. The highest BCUT2D eigenvalue weighted by Gasteiger charge is 2.24. The summed E-state index contributed by atoms with van der Waals surface area (Å²) in [5.74, 6) is -0.847. The summed E-state index contributed by atoms with van der Waals surface area (Å²) in [6.45, 7) is 0.529. The molecule has 2 aromatic carbocycles. The highest BCUT2D eigenvalue weighted by molar-refractivity contribution is 6.10. The number of halogens is 1. The van der Waals surface area contributed by atoms with Crippen LogP contribution in [0.3, 0.4) is 0 Å². The van der Waals surface area contributed by atoms with E-state index in [2.05, 4.69) is 5.32 Å². The zero-order valence-corrected chi connectivity index (χ0v) is 13.8. The van der Waals surface area contributed by atoms with Gasteiger partial charge in [-0.1, -0.05) is 12.1 Å². The van der Waals surface area contributed by atoms with E-state index in [1.54, 1.807) is 6.07 Å². The van der Waals surface area contributed by atoms with E-state index in [9.17, 15) is 24.6 Å². The largest absolute Gasteiger partial charge is 0.486 e. The number of nitriles is 1. The van der Waals surface area contributed by atoms with Gasteiger partial charge in [0.25, 0.3) is 11.6 Å². The standard InChI is InChI=1S/C18H12FN3O5/c19-13-3-1-11(2-4-13)7-12(10-20)18(23)21-14-8-16-17(27-6-5-26-16)9-15(14)22(24)25/h1-4,7-9H,5-6H2,(H,21,23)/b12-7+. The first kappa shape index (κ1) is 17.9. The molecule has 0 aromatic heterocycles. The van der Waals surface area contributed by atoms with Crippen LogP contribution < -0.4 is 14.8 Å². The van der Waals surface area contributed by atoms with Crippen molar-refractivity contribution in [1.82, 2.24) is 0 Å². The number of anilines is 1. The fourth-order valence-electron chi connectivity index (χ4n) is 2.39. The Hall–Kier alpha value is -3.93. The van der Waals surface area contributed by atoms with Gasteiger partial charge in [-0.25, -0.2) is 4.39 Å². The van der Waals surface area contributed by atoms with Gasteiger partial charge >= 0.3 is 0 Å². The Morgan fingerprint density at radius 3 is 2.44 bits per heavy atom. The van der Waals surface area contributed by atoms with Crippen molar-refractivity contribution in [2.75, 3.05) is 18.5 Å². The van der Waals surface area contributed by atoms with Crippen molar-refractivity contribution in [1.29, 1.82) is 5.26 Å². The Labute approximate surface area is 152 Å². The molecule has 0 unspecified atom stereocenters. The van der Waals surface area contributed by atoms with E-state index in [0.717, 1.165) is 6.07 Å². The van der Waals surface area contributed by atoms with Gasteiger partial charge < -0.3 is 14.8 Å². The van der Waals surface area contributed by atoms with Gasteiger partial charge in [0.05, 0.1) is 11.0 Å². The van der Waals surface area contributed by atoms with E-state index < -0.39 is 22.3 Å². The molecule has 0 bridgehead atoms. The molecule has 0 radical (unpaired) electrons. The monoisotopic (exact) mass is 369 g/mol. The molecule has 0 saturated heterocycles. The lowest BCUT2D eigenvalue weighted by Gasteiger charge is -2.19. The third kappa shape index (κ3) is 4.01. The molecule has 1 heterocycles. The second kappa shape index (κ2) is 7.53. The summed E-state index contributed by atoms with van der Waals surface area (Å²) in [7, 11) is 0. The molecule has 1 aliphatic heterocycles. The Morgan fingerprint density at radius 1 is 1.22 bits per heavy atom. The number of carbonyl (C=O) groups is 1. The van der Waals surface area contributed by atoms with E-state index in [1.165, 1.54) is 36.4 Å². The first-order valence-electron chi connectivity index (χ1n) is 7.74. The average molecular weight is 369 g/mol. The second-order valence-electron chi connectivity index (χ2n) is 5.45. The molecule has 27 heavy (non-hydrogen) atoms. The molecule has 1 aliphatic rings. The minimum Gasteiger partial charge on any atom is -0.486 e. The predicted molar refractivity (Wildman–Crippen MR) is 92.7 cm³/mol. The van der Waals surface area contributed by atoms with Gasteiger partial charge in [-0.3, -0.25) is 14.9 Å². The number of fused-ring (bicyclic) bond motifs is 1. The Morgan fingerprint density at radius 2 is 1.85 bits per heavy atom. The SMILES string of the molecule is N#C/C(=C\c1ccc(F)cc1)C(=O)Nc1cc2c(cc1[N+](=O)[O-])OCCO2. The summed E-state index contributed by atoms with van der Waals surface area (Å²) in [4.78, 5) is 23.0. The molecule has 3 rings (SSSR count). The van der Waals surface area contributed by atoms with Crippen LogP contribution in [0, 0.1) is 27.3 Å². The van der Waals surface area contributed by atoms with Gasteiger partial charge in [0, 0.05) is 6.07 Å². The van der Waals surface area contributed by atoms with Gasteiger partial charge in [0.2, 0.25) is 0 Å². The van der Waals surface area contributed by atoms with Crippen molar-refractivity contribution in [3.8, 4) is 17.6 Å². The molecule has 2 aromatic rings. The number of carbonyl (C=O) groups excluding carboxylic acids is 1. The molecular formula is C18H12FN3O5. The number of nitro groups is 1. The number of nitrogens with zero attached hydrogens (tertiary/aromatic N) is 2. The molecular weight excluding hydrogens is 357 g/mol. The molecule has 0 fully saturated rings. The Kier molecular flexibility index (Phi) is 4.99. The molecule has 9 heteroatoms. The van der Waals surface area contributed by atoms with E-state index in [0.29, 0.717) is 5.56 Å². The highest BCUT2D eigenvalue weighted by atomic mass is 19.1. The molecule has 0 saturated carbocycles. The number of hydrogen-bond acceptors (Lipinski definition) is 6. The van der Waals surface area contributed by atoms with Crippen molar-refractivity contribution in [2.24, 2.45) is 0 Å². The van der Waals surface area contributed by atoms with Crippen molar-refractivity contribution >= 4 is 23.4 Å². The molecule has 0 aliphatic carbocycles. The molecule has 0 spiro atoms. The average Bonchev–Trinajstić information content (AvgIpc) is 2.66. The van der Waals surface area contributed by atoms with Crippen LogP contribution in [0.1, 0.15) is 5.56 Å². The number of rotatable bonds is 4. The third-order valence-electron chi connectivity index (χ3n) is 3.65. The van der Waals surface area contributed by atoms with Crippen LogP contribution in [-0.4, -0.2) is 24.0 Å². The first-order valence-corrected chi connectivity index (χ1v) is 7.74. The molecule has 8 nitrogen and oxygen atoms in total. The minimum absolute atomic E-state index is 0.130. The lowest BCUT2D eigenvalue weighted by Crippen LogP contribution is -2.18. The van der Waals surface area contributed by atoms with Crippen LogP contribution >= 0.6 is 0 Å². The van der Waals surface area contributed by atoms with Gasteiger partial charge in [-0.15, -0.1) is 0 Å². The maximum atomic E-state index is 13.0. The molecule has 1 N–H and O–H groups in total. The van der Waals surface area contributed by atoms with E-state index in [4.69, 9.17) is 9.47 Å². The van der Waals surface area contributed by atoms with Crippen LogP contribution in [-0.2, 0) is 4.79 Å². The summed E-state index contributed by atoms with van der Waals surface area (Å²) < 4.78 is 23.6. The lowest BCUT2D eigenvalue weighted by molar-refractivity contribution is -0.384. The number of ether oxygens (including phenoxy) is 2. The van der Waals surface area contributed by atoms with Gasteiger partial charge in [-0.05, 0) is 23.8 Å². The van der Waals surface area contributed by atoms with Gasteiger partial charge in [0.1, 0.15) is 36.4 Å². The van der Waals surface area contributed by atoms with E-state index >= 15 is 0 Å². The first-order chi connectivity index (χ1) is 13.0. The van der Waals surface area contributed by atoms with Crippen molar-refractivity contribution in [3.63, 3.8) is 0 Å². The topological polar surface area (TPSA) is 114 Å². The van der Waals surface area contributed by atoms with Crippen molar-refractivity contribution in [3.05, 3.63) is 63.5 Å². The van der Waals surface area contributed by atoms with Crippen LogP contribution in [0.15, 0.2) is 42.0 Å². The summed E-state index contributed by atoms with van der Waals surface area (Å²) in [6.07, 6.45) is 1.25. The summed E-state index contributed by atoms with van der Waals surface area (Å²) >= 11 is 0. The number of hydrogen-bond donors (Lipinski definition) is 1. The number of nitrogens with one attached hydrogen (secondary N) is 1. The van der Waals surface area contributed by atoms with Crippen LogP contribution in [0.5, 0.6) is 11.5 Å². The fraction of sp³-hybridized carbons (Fsp3) is 0.111. The third-order valence-corrected chi connectivity index (χ3v) is 3.65. The highest BCUT2D eigenvalue weighted by Crippen LogP contribution is 2.39. The molecule has 1 amide bonds. The Bertz CT molecular complexity index is 980. The summed E-state index contributed by atoms with van der Waals surface area (Å²) in [5, 5.41) is 22.9. The Balaban J connectivity index is 1.91. The maximum Gasteiger partial charge on any atom is 0.296 e. The fourth-order valence-corrected chi connectivity index (χ4v) is 2.39. The van der Waals surface area contributed by atoms with Crippen molar-refractivity contribution < 1.29 is 23.6 Å². The van der Waals surface area contributed by atoms with Gasteiger partial charge in [-0.2, -0.15) is 5.26 Å². The normalized spacial score (nSPS) is 12.8. The maximum absolute atomic E-state index is 13.0. The summed E-state index contributed by atoms with van der Waals surface area (Å²) in [6, 6.07) is 9.31. The zero-order chi connectivity index (χ0) is 19.4. The number of benzene rings is 2. The van der Waals surface area contributed by atoms with Crippen LogP contribution in [0.2, 0.25) is 0 Å². The smallest absolute Gasteiger partial charge is 0.296 e. The van der Waals surface area contributed by atoms with Gasteiger partial charge in [0.15, 0.2) is 11.5 Å². The second-order valence-corrected chi connectivity index (χ2v) is 5.45. The van der Waals surface area contributed by atoms with E-state index in [1.807, 2.05) is 0 Å². The van der Waals surface area contributed by atoms with E-state index in [-0.39, 0.29) is 36.0 Å². The van der Waals surface area contributed by atoms with Crippen LogP contribution in [0.4, 0.5) is 15.8 Å². The lowest BCUT2D eigenvalue weighted by atomic mass is 10.1. The molecule has 0 atom stereocenters. The number of nitro benzene ring substituents is 1. The zero-order valence-electron chi connectivity index (χ0n) is 13.8.